The molecule has 0 saturated carbocycles. The van der Waals surface area contributed by atoms with Gasteiger partial charge in [0.1, 0.15) is 17.2 Å². The highest BCUT2D eigenvalue weighted by Gasteiger charge is 2.43. The van der Waals surface area contributed by atoms with Crippen LogP contribution in [-0.2, 0) is 14.3 Å². The molecule has 3 rings (SSSR count). The number of thioether (sulfide) groups is 1. The zero-order valence-corrected chi connectivity index (χ0v) is 17.1. The summed E-state index contributed by atoms with van der Waals surface area (Å²) in [7, 11) is 2.97. The van der Waals surface area contributed by atoms with Gasteiger partial charge in [-0.05, 0) is 30.3 Å². The summed E-state index contributed by atoms with van der Waals surface area (Å²) in [6.45, 7) is 0.948. The molecule has 1 aromatic heterocycles. The molecule has 8 nitrogen and oxygen atoms in total. The van der Waals surface area contributed by atoms with E-state index in [9.17, 15) is 14.4 Å². The van der Waals surface area contributed by atoms with Crippen molar-refractivity contribution in [2.24, 2.45) is 0 Å². The Morgan fingerprint density at radius 1 is 1.17 bits per heavy atom. The van der Waals surface area contributed by atoms with Gasteiger partial charge in [-0.2, -0.15) is 0 Å². The minimum Gasteiger partial charge on any atom is -0.493 e. The van der Waals surface area contributed by atoms with Crippen molar-refractivity contribution in [2.45, 2.75) is 18.3 Å². The summed E-state index contributed by atoms with van der Waals surface area (Å²) in [6, 6.07) is 7.38. The molecular formula is C20H21NO7S. The fourth-order valence-corrected chi connectivity index (χ4v) is 4.47. The first-order valence-electron chi connectivity index (χ1n) is 8.82. The van der Waals surface area contributed by atoms with Crippen LogP contribution in [0.2, 0.25) is 0 Å². The standard InChI is InChI=1S/C20H21NO7S/c1-12(22)21-14(11-29-19(21)17-5-4-8-27-17)20(24)28-10-15(23)13-6-7-16(25-2)18(9-13)26-3/h4-9,14,19H,10-11H2,1-3H3/t14-,19+/m0/s1. The second-order valence-corrected chi connectivity index (χ2v) is 7.36. The van der Waals surface area contributed by atoms with Crippen LogP contribution in [0.3, 0.4) is 0 Å². The Kier molecular flexibility index (Phi) is 6.48. The molecule has 0 N–H and O–H groups in total. The number of furan rings is 1. The Morgan fingerprint density at radius 3 is 2.55 bits per heavy atom. The first-order chi connectivity index (χ1) is 14.0. The molecule has 154 valence electrons. The fourth-order valence-electron chi connectivity index (χ4n) is 3.05. The topological polar surface area (TPSA) is 95.3 Å². The van der Waals surface area contributed by atoms with Crippen LogP contribution in [0.1, 0.15) is 28.4 Å². The van der Waals surface area contributed by atoms with Gasteiger partial charge in [0.25, 0.3) is 0 Å². The van der Waals surface area contributed by atoms with Crippen molar-refractivity contribution in [3.05, 3.63) is 47.9 Å². The number of hydrogen-bond acceptors (Lipinski definition) is 8. The van der Waals surface area contributed by atoms with Gasteiger partial charge in [0.2, 0.25) is 5.91 Å². The highest BCUT2D eigenvalue weighted by atomic mass is 32.2. The van der Waals surface area contributed by atoms with Crippen molar-refractivity contribution < 1.29 is 33.0 Å². The maximum absolute atomic E-state index is 12.6. The van der Waals surface area contributed by atoms with Crippen molar-refractivity contribution in [1.82, 2.24) is 4.90 Å². The van der Waals surface area contributed by atoms with Crippen LogP contribution in [0.5, 0.6) is 11.5 Å². The summed E-state index contributed by atoms with van der Waals surface area (Å²) >= 11 is 1.41. The van der Waals surface area contributed by atoms with Gasteiger partial charge < -0.3 is 23.5 Å². The molecule has 2 aromatic rings. The summed E-state index contributed by atoms with van der Waals surface area (Å²) in [5.74, 6) is 0.545. The van der Waals surface area contributed by atoms with Crippen molar-refractivity contribution in [2.75, 3.05) is 26.6 Å². The van der Waals surface area contributed by atoms with Crippen LogP contribution < -0.4 is 9.47 Å². The lowest BCUT2D eigenvalue weighted by Gasteiger charge is -2.25. The van der Waals surface area contributed by atoms with Gasteiger partial charge in [-0.1, -0.05) is 0 Å². The van der Waals surface area contributed by atoms with E-state index in [1.807, 2.05) is 0 Å². The molecule has 29 heavy (non-hydrogen) atoms. The Hall–Kier alpha value is -2.94. The molecule has 0 aliphatic carbocycles. The van der Waals surface area contributed by atoms with E-state index in [0.717, 1.165) is 0 Å². The molecule has 1 aliphatic rings. The van der Waals surface area contributed by atoms with E-state index >= 15 is 0 Å². The normalized spacial score (nSPS) is 18.4. The van der Waals surface area contributed by atoms with Gasteiger partial charge in [-0.25, -0.2) is 4.79 Å². The van der Waals surface area contributed by atoms with E-state index in [1.54, 1.807) is 24.3 Å². The minimum atomic E-state index is -0.786. The monoisotopic (exact) mass is 419 g/mol. The number of esters is 1. The van der Waals surface area contributed by atoms with E-state index in [4.69, 9.17) is 18.6 Å². The number of rotatable bonds is 7. The number of nitrogens with zero attached hydrogens (tertiary/aromatic N) is 1. The highest BCUT2D eigenvalue weighted by Crippen LogP contribution is 2.41. The predicted molar refractivity (Wildman–Crippen MR) is 105 cm³/mol. The predicted octanol–water partition coefficient (Wildman–Crippen LogP) is 2.69. The summed E-state index contributed by atoms with van der Waals surface area (Å²) in [5.41, 5.74) is 0.327. The van der Waals surface area contributed by atoms with Crippen LogP contribution in [0.4, 0.5) is 0 Å². The number of amides is 1. The third kappa shape index (κ3) is 4.40. The molecule has 1 aromatic carbocycles. The number of carbonyl (C=O) groups excluding carboxylic acids is 3. The molecule has 0 radical (unpaired) electrons. The Morgan fingerprint density at radius 2 is 1.93 bits per heavy atom. The smallest absolute Gasteiger partial charge is 0.330 e. The average molecular weight is 419 g/mol. The molecule has 1 amide bonds. The number of hydrogen-bond donors (Lipinski definition) is 0. The number of carbonyl (C=O) groups is 3. The third-order valence-corrected chi connectivity index (χ3v) is 5.76. The molecule has 1 saturated heterocycles. The minimum absolute atomic E-state index is 0.274. The van der Waals surface area contributed by atoms with Gasteiger partial charge >= 0.3 is 5.97 Å². The zero-order chi connectivity index (χ0) is 21.0. The van der Waals surface area contributed by atoms with E-state index in [1.165, 1.54) is 50.1 Å². The number of Topliss-reactive ketones (excluding diaryl/α,β-unsaturated/α-hetero) is 1. The van der Waals surface area contributed by atoms with Gasteiger partial charge in [-0.15, -0.1) is 11.8 Å². The summed E-state index contributed by atoms with van der Waals surface area (Å²) in [4.78, 5) is 38.6. The van der Waals surface area contributed by atoms with Crippen LogP contribution in [0.25, 0.3) is 0 Å². The van der Waals surface area contributed by atoms with Gasteiger partial charge in [-0.3, -0.25) is 9.59 Å². The van der Waals surface area contributed by atoms with Gasteiger partial charge in [0.15, 0.2) is 23.9 Å². The Bertz CT molecular complexity index is 896. The van der Waals surface area contributed by atoms with Crippen molar-refractivity contribution in [1.29, 1.82) is 0 Å². The third-order valence-electron chi connectivity index (χ3n) is 4.47. The molecular weight excluding hydrogens is 398 g/mol. The summed E-state index contributed by atoms with van der Waals surface area (Å²) in [5, 5.41) is -0.401. The van der Waals surface area contributed by atoms with Crippen molar-refractivity contribution in [3.63, 3.8) is 0 Å². The number of ketones is 1. The van der Waals surface area contributed by atoms with Crippen LogP contribution in [0.15, 0.2) is 41.0 Å². The summed E-state index contributed by atoms with van der Waals surface area (Å²) in [6.07, 6.45) is 1.52. The average Bonchev–Trinajstić information content (AvgIpc) is 3.40. The molecule has 1 fully saturated rings. The molecule has 1 aliphatic heterocycles. The molecule has 9 heteroatoms. The first-order valence-corrected chi connectivity index (χ1v) is 9.87. The molecule has 2 heterocycles. The molecule has 0 unspecified atom stereocenters. The van der Waals surface area contributed by atoms with Crippen molar-refractivity contribution >= 4 is 29.4 Å². The molecule has 2 atom stereocenters. The first kappa shape index (κ1) is 20.8. The van der Waals surface area contributed by atoms with Gasteiger partial charge in [0.05, 0.1) is 20.5 Å². The lowest BCUT2D eigenvalue weighted by Crippen LogP contribution is -2.43. The van der Waals surface area contributed by atoms with Crippen LogP contribution in [0, 0.1) is 0 Å². The highest BCUT2D eigenvalue weighted by molar-refractivity contribution is 7.99. The number of benzene rings is 1. The molecule has 0 spiro atoms. The van der Waals surface area contributed by atoms with Crippen LogP contribution >= 0.6 is 11.8 Å². The number of methoxy groups -OCH3 is 2. The fraction of sp³-hybridized carbons (Fsp3) is 0.350. The lowest BCUT2D eigenvalue weighted by molar-refractivity contribution is -0.152. The quantitative estimate of drug-likeness (QED) is 0.499. The lowest BCUT2D eigenvalue weighted by atomic mass is 10.1. The van der Waals surface area contributed by atoms with Crippen molar-refractivity contribution in [3.8, 4) is 11.5 Å². The van der Waals surface area contributed by atoms with Gasteiger partial charge in [0, 0.05) is 18.2 Å². The van der Waals surface area contributed by atoms with E-state index < -0.39 is 24.0 Å². The van der Waals surface area contributed by atoms with E-state index in [2.05, 4.69) is 0 Å². The maximum Gasteiger partial charge on any atom is 0.330 e. The second kappa shape index (κ2) is 9.04. The number of ether oxygens (including phenoxy) is 3. The Labute approximate surface area is 172 Å². The van der Waals surface area contributed by atoms with E-state index in [0.29, 0.717) is 28.6 Å². The summed E-state index contributed by atoms with van der Waals surface area (Å²) < 4.78 is 20.9. The maximum atomic E-state index is 12.6. The molecule has 0 bridgehead atoms. The zero-order valence-electron chi connectivity index (χ0n) is 16.2. The van der Waals surface area contributed by atoms with Crippen LogP contribution in [-0.4, -0.2) is 55.2 Å². The second-order valence-electron chi connectivity index (χ2n) is 6.24. The largest absolute Gasteiger partial charge is 0.493 e. The Balaban J connectivity index is 1.65. The van der Waals surface area contributed by atoms with E-state index in [-0.39, 0.29) is 11.7 Å². The SMILES string of the molecule is COc1ccc(C(=O)COC(=O)[C@@H]2CS[C@H](c3ccco3)N2C(C)=O)cc1OC.